The van der Waals surface area contributed by atoms with Gasteiger partial charge in [-0.3, -0.25) is 28.9 Å². The monoisotopic (exact) mass is 711 g/mol. The number of nitrogens with two attached hydrogens (primary N) is 1. The van der Waals surface area contributed by atoms with Crippen molar-refractivity contribution in [2.24, 2.45) is 56.5 Å². The molecule has 3 saturated carbocycles. The van der Waals surface area contributed by atoms with Gasteiger partial charge in [-0.2, -0.15) is 0 Å². The number of Topliss-reactive ketones (excluding diaryl/α,β-unsaturated/α-hetero) is 3. The molecule has 5 atom stereocenters. The fourth-order valence-corrected chi connectivity index (χ4v) is 10.9. The van der Waals surface area contributed by atoms with E-state index in [1.807, 2.05) is 25.7 Å². The minimum atomic E-state index is -0.986. The third-order valence-electron chi connectivity index (χ3n) is 15.3. The van der Waals surface area contributed by atoms with Gasteiger partial charge in [0.25, 0.3) is 5.91 Å². The average Bonchev–Trinajstić information content (AvgIpc) is 3.19. The molecule has 2 saturated heterocycles. The van der Waals surface area contributed by atoms with Crippen molar-refractivity contribution in [3.8, 4) is 0 Å². The number of carbonyl (C=O) groups excluding carboxylic acids is 5. The van der Waals surface area contributed by atoms with Crippen molar-refractivity contribution in [3.63, 3.8) is 0 Å². The average molecular weight is 711 g/mol. The van der Waals surface area contributed by atoms with Gasteiger partial charge in [0.05, 0.1) is 6.04 Å². The van der Waals surface area contributed by atoms with Gasteiger partial charge < -0.3 is 16.0 Å². The van der Waals surface area contributed by atoms with E-state index >= 15 is 0 Å². The molecule has 0 radical (unpaired) electrons. The number of piperazine rings is 1. The SMILES string of the molecule is CC(C)(C)[C@H](CC(=O)C[C@H](C(=O)N1C[C@]2(C[C@H]1C(=O)CC(CC1CCC1)C(=O)C(N)=O)C(C)(C)C21CCC1)C(C)(C)C)CN1CCNCC1(C)C. The van der Waals surface area contributed by atoms with Crippen LogP contribution >= 0.6 is 0 Å². The van der Waals surface area contributed by atoms with Crippen LogP contribution in [0.1, 0.15) is 140 Å². The van der Waals surface area contributed by atoms with Crippen molar-refractivity contribution < 1.29 is 24.0 Å². The van der Waals surface area contributed by atoms with E-state index in [2.05, 4.69) is 58.7 Å². The number of fused-ring (bicyclic) bond motifs is 1. The fraction of sp³-hybridized carbons (Fsp3) is 0.881. The van der Waals surface area contributed by atoms with Gasteiger partial charge in [-0.05, 0) is 73.0 Å². The molecule has 2 heterocycles. The Bertz CT molecular complexity index is 1380. The standard InChI is InChI=1S/C42H70N4O5/c1-37(2,3)29(24-45-18-17-44-25-39(45,7)8)21-30(47)22-31(38(4,5)6)36(51)46-26-42(40(9,10)41(42)15-12-16-41)23-32(46)33(48)20-28(34(49)35(43)50)19-27-13-11-14-27/h27-29,31-32,44H,11-26H2,1-10H3,(H2,43,50)/t28?,29-,31-,32+,42-/m1/s1. The van der Waals surface area contributed by atoms with Crippen LogP contribution in [0.5, 0.6) is 0 Å². The molecule has 0 bridgehead atoms. The van der Waals surface area contributed by atoms with Gasteiger partial charge >= 0.3 is 0 Å². The lowest BCUT2D eigenvalue weighted by molar-refractivity contribution is -0.147. The summed E-state index contributed by atoms with van der Waals surface area (Å²) in [5, 5.41) is 3.50. The summed E-state index contributed by atoms with van der Waals surface area (Å²) in [7, 11) is 0. The summed E-state index contributed by atoms with van der Waals surface area (Å²) < 4.78 is 0. The zero-order valence-electron chi connectivity index (χ0n) is 33.7. The number of ketones is 3. The second-order valence-electron chi connectivity index (χ2n) is 20.8. The number of hydrogen-bond donors (Lipinski definition) is 2. The fourth-order valence-electron chi connectivity index (χ4n) is 10.9. The maximum atomic E-state index is 15.0. The van der Waals surface area contributed by atoms with Crippen LogP contribution in [0.15, 0.2) is 0 Å². The van der Waals surface area contributed by atoms with Crippen LogP contribution in [0.3, 0.4) is 0 Å². The Morgan fingerprint density at radius 2 is 1.51 bits per heavy atom. The number of hydrogen-bond acceptors (Lipinski definition) is 7. The maximum absolute atomic E-state index is 15.0. The molecule has 2 spiro atoms. The highest BCUT2D eigenvalue weighted by Crippen LogP contribution is 2.88. The van der Waals surface area contributed by atoms with E-state index in [1.165, 1.54) is 0 Å². The second kappa shape index (κ2) is 13.9. The highest BCUT2D eigenvalue weighted by atomic mass is 16.2. The molecule has 1 unspecified atom stereocenters. The Balaban J connectivity index is 1.39. The number of carbonyl (C=O) groups is 5. The summed E-state index contributed by atoms with van der Waals surface area (Å²) in [4.78, 5) is 73.0. The summed E-state index contributed by atoms with van der Waals surface area (Å²) in [6, 6.07) is -0.668. The first-order valence-electron chi connectivity index (χ1n) is 20.1. The Hall–Kier alpha value is -2.13. The number of nitrogens with one attached hydrogen (secondary N) is 1. The predicted octanol–water partition coefficient (Wildman–Crippen LogP) is 5.96. The molecule has 5 fully saturated rings. The highest BCUT2D eigenvalue weighted by Gasteiger charge is 2.85. The van der Waals surface area contributed by atoms with E-state index in [-0.39, 0.29) is 63.4 Å². The number of rotatable bonds is 14. The predicted molar refractivity (Wildman–Crippen MR) is 201 cm³/mol. The Kier molecular flexibility index (Phi) is 10.9. The zero-order valence-corrected chi connectivity index (χ0v) is 33.7. The van der Waals surface area contributed by atoms with Crippen LogP contribution in [0.25, 0.3) is 0 Å². The number of likely N-dealkylation sites (tertiary alicyclic amines) is 1. The second-order valence-corrected chi connectivity index (χ2v) is 20.8. The molecule has 3 aliphatic carbocycles. The third kappa shape index (κ3) is 7.37. The molecule has 288 valence electrons. The van der Waals surface area contributed by atoms with Crippen molar-refractivity contribution in [2.45, 2.75) is 151 Å². The molecule has 2 amide bonds. The highest BCUT2D eigenvalue weighted by molar-refractivity contribution is 6.36. The molecule has 5 rings (SSSR count). The van der Waals surface area contributed by atoms with Crippen LogP contribution < -0.4 is 11.1 Å². The van der Waals surface area contributed by atoms with Gasteiger partial charge in [0, 0.05) is 74.8 Å². The van der Waals surface area contributed by atoms with Gasteiger partial charge in [-0.25, -0.2) is 0 Å². The quantitative estimate of drug-likeness (QED) is 0.213. The maximum Gasteiger partial charge on any atom is 0.285 e. The van der Waals surface area contributed by atoms with E-state index in [1.54, 1.807) is 0 Å². The number of amides is 2. The van der Waals surface area contributed by atoms with Crippen LogP contribution in [0.4, 0.5) is 0 Å². The molecule has 9 nitrogen and oxygen atoms in total. The van der Waals surface area contributed by atoms with Crippen LogP contribution in [-0.4, -0.2) is 83.3 Å². The summed E-state index contributed by atoms with van der Waals surface area (Å²) in [5.74, 6) is -2.68. The van der Waals surface area contributed by atoms with Gasteiger partial charge in [-0.1, -0.05) is 81.1 Å². The molecule has 9 heteroatoms. The normalized spacial score (nSPS) is 28.8. The summed E-state index contributed by atoms with van der Waals surface area (Å²) in [6.07, 6.45) is 8.02. The van der Waals surface area contributed by atoms with E-state index in [4.69, 9.17) is 5.73 Å². The number of nitrogens with zero attached hydrogens (tertiary/aromatic N) is 2. The minimum Gasteiger partial charge on any atom is -0.363 e. The first-order valence-corrected chi connectivity index (χ1v) is 20.1. The first kappa shape index (κ1) is 40.1. The third-order valence-corrected chi connectivity index (χ3v) is 15.3. The lowest BCUT2D eigenvalue weighted by Gasteiger charge is -2.46. The van der Waals surface area contributed by atoms with Crippen molar-refractivity contribution >= 4 is 29.2 Å². The molecule has 0 aromatic carbocycles. The Morgan fingerprint density at radius 1 is 0.863 bits per heavy atom. The van der Waals surface area contributed by atoms with Crippen LogP contribution in [0, 0.1) is 50.7 Å². The molecule has 5 aliphatic rings. The lowest BCUT2D eigenvalue weighted by Crippen LogP contribution is -2.59. The van der Waals surface area contributed by atoms with Crippen LogP contribution in [0.2, 0.25) is 0 Å². The van der Waals surface area contributed by atoms with E-state index in [0.29, 0.717) is 31.7 Å². The summed E-state index contributed by atoms with van der Waals surface area (Å²) >= 11 is 0. The largest absolute Gasteiger partial charge is 0.363 e. The molecular weight excluding hydrogens is 640 g/mol. The van der Waals surface area contributed by atoms with Crippen molar-refractivity contribution in [1.82, 2.24) is 15.1 Å². The van der Waals surface area contributed by atoms with Crippen molar-refractivity contribution in [1.29, 1.82) is 0 Å². The smallest absolute Gasteiger partial charge is 0.285 e. The summed E-state index contributed by atoms with van der Waals surface area (Å²) in [5.41, 5.74) is 4.83. The van der Waals surface area contributed by atoms with Gasteiger partial charge in [-0.15, -0.1) is 0 Å². The minimum absolute atomic E-state index is 0.00467. The van der Waals surface area contributed by atoms with Crippen molar-refractivity contribution in [2.75, 3.05) is 32.7 Å². The Labute approximate surface area is 308 Å². The molecule has 51 heavy (non-hydrogen) atoms. The zero-order chi connectivity index (χ0) is 37.9. The topological polar surface area (TPSA) is 130 Å². The number of primary amides is 1. The van der Waals surface area contributed by atoms with Gasteiger partial charge in [0.2, 0.25) is 11.7 Å². The Morgan fingerprint density at radius 3 is 1.98 bits per heavy atom. The molecule has 3 N–H and O–H groups in total. The lowest BCUT2D eigenvalue weighted by atomic mass is 9.73. The van der Waals surface area contributed by atoms with E-state index in [0.717, 1.165) is 64.7 Å². The summed E-state index contributed by atoms with van der Waals surface area (Å²) in [6.45, 7) is 25.9. The van der Waals surface area contributed by atoms with Gasteiger partial charge in [0.1, 0.15) is 5.78 Å². The van der Waals surface area contributed by atoms with E-state index < -0.39 is 35.0 Å². The molecule has 2 aliphatic heterocycles. The van der Waals surface area contributed by atoms with Crippen LogP contribution in [-0.2, 0) is 24.0 Å². The molecule has 0 aromatic rings. The van der Waals surface area contributed by atoms with E-state index in [9.17, 15) is 24.0 Å². The van der Waals surface area contributed by atoms with Gasteiger partial charge in [0.15, 0.2) is 5.78 Å². The first-order chi connectivity index (χ1) is 23.5. The molecule has 0 aromatic heterocycles. The molecular formula is C42H70N4O5. The van der Waals surface area contributed by atoms with Crippen molar-refractivity contribution in [3.05, 3.63) is 0 Å².